The maximum atomic E-state index is 12.7. The molecule has 1 fully saturated rings. The molecule has 0 atom stereocenters. The fraction of sp³-hybridized carbons (Fsp3) is 0.600. The van der Waals surface area contributed by atoms with Crippen molar-refractivity contribution in [3.8, 4) is 0 Å². The number of alkyl halides is 2. The molecule has 114 valence electrons. The summed E-state index contributed by atoms with van der Waals surface area (Å²) in [5.74, 6) is 0.545. The highest BCUT2D eigenvalue weighted by Crippen LogP contribution is 2.16. The van der Waals surface area contributed by atoms with Crippen LogP contribution in [-0.4, -0.2) is 37.5 Å². The van der Waals surface area contributed by atoms with Gasteiger partial charge in [0.2, 0.25) is 0 Å². The number of halogens is 3. The minimum absolute atomic E-state index is 0. The first-order chi connectivity index (χ1) is 9.24. The SMILES string of the molecule is Cl.FC(F)CN(Cc1ccccc1)CC1CCNCC1. The Labute approximate surface area is 126 Å². The van der Waals surface area contributed by atoms with Gasteiger partial charge in [-0.3, -0.25) is 4.90 Å². The summed E-state index contributed by atoms with van der Waals surface area (Å²) >= 11 is 0. The van der Waals surface area contributed by atoms with Gasteiger partial charge >= 0.3 is 0 Å². The summed E-state index contributed by atoms with van der Waals surface area (Å²) in [5.41, 5.74) is 1.11. The first-order valence-corrected chi connectivity index (χ1v) is 6.99. The third-order valence-electron chi connectivity index (χ3n) is 3.62. The molecule has 1 aliphatic rings. The molecule has 20 heavy (non-hydrogen) atoms. The van der Waals surface area contributed by atoms with Crippen molar-refractivity contribution in [3.05, 3.63) is 35.9 Å². The minimum Gasteiger partial charge on any atom is -0.317 e. The average Bonchev–Trinajstić information content (AvgIpc) is 2.40. The fourth-order valence-corrected chi connectivity index (χ4v) is 2.67. The number of hydrogen-bond donors (Lipinski definition) is 1. The van der Waals surface area contributed by atoms with Crippen LogP contribution in [-0.2, 0) is 6.54 Å². The van der Waals surface area contributed by atoms with Crippen LogP contribution in [0.4, 0.5) is 8.78 Å². The van der Waals surface area contributed by atoms with Gasteiger partial charge in [-0.2, -0.15) is 0 Å². The predicted molar refractivity (Wildman–Crippen MR) is 80.6 cm³/mol. The van der Waals surface area contributed by atoms with E-state index in [2.05, 4.69) is 5.32 Å². The molecule has 0 radical (unpaired) electrons. The lowest BCUT2D eigenvalue weighted by molar-refractivity contribution is 0.0727. The van der Waals surface area contributed by atoms with Crippen molar-refractivity contribution in [1.82, 2.24) is 10.2 Å². The van der Waals surface area contributed by atoms with Gasteiger partial charge in [0, 0.05) is 13.1 Å². The molecule has 0 aromatic heterocycles. The van der Waals surface area contributed by atoms with E-state index in [0.717, 1.165) is 38.0 Å². The lowest BCUT2D eigenvalue weighted by Crippen LogP contribution is -2.37. The maximum absolute atomic E-state index is 12.7. The van der Waals surface area contributed by atoms with Crippen molar-refractivity contribution in [2.75, 3.05) is 26.2 Å². The zero-order chi connectivity index (χ0) is 13.5. The van der Waals surface area contributed by atoms with Crippen LogP contribution >= 0.6 is 12.4 Å². The summed E-state index contributed by atoms with van der Waals surface area (Å²) in [6.45, 7) is 3.30. The van der Waals surface area contributed by atoms with Crippen LogP contribution in [0.15, 0.2) is 30.3 Å². The largest absolute Gasteiger partial charge is 0.317 e. The van der Waals surface area contributed by atoms with Crippen LogP contribution < -0.4 is 5.32 Å². The molecule has 0 bridgehead atoms. The van der Waals surface area contributed by atoms with E-state index in [4.69, 9.17) is 0 Å². The Morgan fingerprint density at radius 2 is 1.80 bits per heavy atom. The number of piperidine rings is 1. The van der Waals surface area contributed by atoms with Gasteiger partial charge in [0.05, 0.1) is 6.54 Å². The van der Waals surface area contributed by atoms with Crippen molar-refractivity contribution in [2.24, 2.45) is 5.92 Å². The predicted octanol–water partition coefficient (Wildman–Crippen LogP) is 3.18. The molecule has 1 N–H and O–H groups in total. The molecule has 1 aromatic carbocycles. The van der Waals surface area contributed by atoms with Crippen molar-refractivity contribution >= 4 is 12.4 Å². The summed E-state index contributed by atoms with van der Waals surface area (Å²) in [6, 6.07) is 9.87. The Balaban J connectivity index is 0.00000200. The Morgan fingerprint density at radius 3 is 2.40 bits per heavy atom. The van der Waals surface area contributed by atoms with Crippen LogP contribution in [0.2, 0.25) is 0 Å². The number of hydrogen-bond acceptors (Lipinski definition) is 2. The van der Waals surface area contributed by atoms with Gasteiger partial charge in [0.25, 0.3) is 6.43 Å². The zero-order valence-electron chi connectivity index (χ0n) is 11.6. The Morgan fingerprint density at radius 1 is 1.15 bits per heavy atom. The maximum Gasteiger partial charge on any atom is 0.251 e. The van der Waals surface area contributed by atoms with Crippen LogP contribution in [0.5, 0.6) is 0 Å². The summed E-state index contributed by atoms with van der Waals surface area (Å²) < 4.78 is 25.4. The highest BCUT2D eigenvalue weighted by Gasteiger charge is 2.19. The molecule has 1 heterocycles. The van der Waals surface area contributed by atoms with Crippen LogP contribution in [0.1, 0.15) is 18.4 Å². The molecule has 5 heteroatoms. The van der Waals surface area contributed by atoms with Gasteiger partial charge in [-0.1, -0.05) is 30.3 Å². The fourth-order valence-electron chi connectivity index (χ4n) is 2.67. The topological polar surface area (TPSA) is 15.3 Å². The van der Waals surface area contributed by atoms with Crippen molar-refractivity contribution < 1.29 is 8.78 Å². The normalized spacial score (nSPS) is 16.4. The molecule has 1 aromatic rings. The third-order valence-corrected chi connectivity index (χ3v) is 3.62. The van der Waals surface area contributed by atoms with Crippen LogP contribution in [0.3, 0.4) is 0 Å². The second kappa shape index (κ2) is 9.27. The molecule has 0 saturated carbocycles. The quantitative estimate of drug-likeness (QED) is 0.868. The standard InChI is InChI=1S/C15H22F2N2.ClH/c16-15(17)12-19(10-13-4-2-1-3-5-13)11-14-6-8-18-9-7-14;/h1-5,14-15,18H,6-12H2;1H. The Kier molecular flexibility index (Phi) is 8.04. The van der Waals surface area contributed by atoms with E-state index in [9.17, 15) is 8.78 Å². The van der Waals surface area contributed by atoms with E-state index in [1.54, 1.807) is 0 Å². The van der Waals surface area contributed by atoms with E-state index in [1.807, 2.05) is 35.2 Å². The molecule has 0 amide bonds. The Hall–Kier alpha value is -0.710. The number of rotatable bonds is 6. The van der Waals surface area contributed by atoms with Gasteiger partial charge in [0.15, 0.2) is 0 Å². The van der Waals surface area contributed by atoms with Gasteiger partial charge in [-0.15, -0.1) is 12.4 Å². The van der Waals surface area contributed by atoms with E-state index in [0.29, 0.717) is 12.5 Å². The van der Waals surface area contributed by atoms with E-state index in [1.165, 1.54) is 0 Å². The molecular weight excluding hydrogens is 282 g/mol. The van der Waals surface area contributed by atoms with E-state index < -0.39 is 6.43 Å². The van der Waals surface area contributed by atoms with E-state index in [-0.39, 0.29) is 19.0 Å². The van der Waals surface area contributed by atoms with Gasteiger partial charge in [-0.25, -0.2) is 8.78 Å². The first kappa shape index (κ1) is 17.3. The molecular formula is C15H23ClF2N2. The Bertz CT molecular complexity index is 356. The van der Waals surface area contributed by atoms with Gasteiger partial charge in [0.1, 0.15) is 0 Å². The van der Waals surface area contributed by atoms with Crippen LogP contribution in [0.25, 0.3) is 0 Å². The third kappa shape index (κ3) is 6.16. The lowest BCUT2D eigenvalue weighted by atomic mass is 9.97. The summed E-state index contributed by atoms with van der Waals surface area (Å²) in [4.78, 5) is 1.90. The molecule has 1 aliphatic heterocycles. The molecule has 2 nitrogen and oxygen atoms in total. The molecule has 0 unspecified atom stereocenters. The molecule has 1 saturated heterocycles. The van der Waals surface area contributed by atoms with Gasteiger partial charge < -0.3 is 5.32 Å². The van der Waals surface area contributed by atoms with E-state index >= 15 is 0 Å². The zero-order valence-corrected chi connectivity index (χ0v) is 12.4. The number of nitrogens with zero attached hydrogens (tertiary/aromatic N) is 1. The minimum atomic E-state index is -2.26. The number of benzene rings is 1. The smallest absolute Gasteiger partial charge is 0.251 e. The van der Waals surface area contributed by atoms with Crippen LogP contribution in [0, 0.1) is 5.92 Å². The average molecular weight is 305 g/mol. The molecule has 2 rings (SSSR count). The monoisotopic (exact) mass is 304 g/mol. The second-order valence-electron chi connectivity index (χ2n) is 5.26. The lowest BCUT2D eigenvalue weighted by Gasteiger charge is -2.30. The second-order valence-corrected chi connectivity index (χ2v) is 5.26. The van der Waals surface area contributed by atoms with Gasteiger partial charge in [-0.05, 0) is 37.4 Å². The summed E-state index contributed by atoms with van der Waals surface area (Å²) in [6.07, 6.45) is -0.0753. The highest BCUT2D eigenvalue weighted by atomic mass is 35.5. The highest BCUT2D eigenvalue weighted by molar-refractivity contribution is 5.85. The first-order valence-electron chi connectivity index (χ1n) is 6.99. The summed E-state index contributed by atoms with van der Waals surface area (Å²) in [7, 11) is 0. The summed E-state index contributed by atoms with van der Waals surface area (Å²) in [5, 5.41) is 3.31. The van der Waals surface area contributed by atoms with Crippen molar-refractivity contribution in [3.63, 3.8) is 0 Å². The van der Waals surface area contributed by atoms with Crippen molar-refractivity contribution in [1.29, 1.82) is 0 Å². The molecule has 0 spiro atoms. The van der Waals surface area contributed by atoms with Crippen molar-refractivity contribution in [2.45, 2.75) is 25.8 Å². The molecule has 0 aliphatic carbocycles. The number of nitrogens with one attached hydrogen (secondary N) is 1.